The molecule has 212 valence electrons. The van der Waals surface area contributed by atoms with Gasteiger partial charge in [0.25, 0.3) is 5.19 Å². The number of fused-ring (bicyclic) bond motifs is 8. The molecule has 1 N–H and O–H groups in total. The van der Waals surface area contributed by atoms with Crippen LogP contribution >= 0.6 is 11.3 Å². The van der Waals surface area contributed by atoms with Crippen molar-refractivity contribution in [3.63, 3.8) is 0 Å². The zero-order chi connectivity index (χ0) is 27.9. The summed E-state index contributed by atoms with van der Waals surface area (Å²) in [7, 11) is 0. The number of aliphatic hydroxyl groups is 1. The van der Waals surface area contributed by atoms with E-state index < -0.39 is 23.4 Å². The Kier molecular flexibility index (Phi) is 6.17. The average molecular weight is 564 g/mol. The zero-order valence-corrected chi connectivity index (χ0v) is 24.1. The lowest BCUT2D eigenvalue weighted by molar-refractivity contribution is -0.200. The Bertz CT molecular complexity index is 1400. The van der Waals surface area contributed by atoms with Crippen molar-refractivity contribution >= 4 is 33.1 Å². The van der Waals surface area contributed by atoms with Gasteiger partial charge < -0.3 is 19.3 Å². The second-order valence-electron chi connectivity index (χ2n) is 12.8. The normalized spacial score (nSPS) is 41.7. The zero-order valence-electron chi connectivity index (χ0n) is 23.3. The Labute approximate surface area is 238 Å². The number of ether oxygens (including phenoxy) is 3. The van der Waals surface area contributed by atoms with Crippen LogP contribution in [0, 0.1) is 28.6 Å². The van der Waals surface area contributed by atoms with Gasteiger partial charge in [0.15, 0.2) is 24.3 Å². The van der Waals surface area contributed by atoms with Crippen molar-refractivity contribution in [1.29, 1.82) is 0 Å². The van der Waals surface area contributed by atoms with Gasteiger partial charge in [0.05, 0.1) is 22.4 Å². The van der Waals surface area contributed by atoms with Crippen molar-refractivity contribution in [2.75, 3.05) is 6.61 Å². The van der Waals surface area contributed by atoms with Gasteiger partial charge in [-0.15, -0.1) is 0 Å². The Balaban J connectivity index is 1.22. The molecule has 1 saturated heterocycles. The first-order chi connectivity index (χ1) is 19.2. The summed E-state index contributed by atoms with van der Waals surface area (Å²) in [6.07, 6.45) is 8.42. The Morgan fingerprint density at radius 2 is 2.10 bits per heavy atom. The van der Waals surface area contributed by atoms with Gasteiger partial charge in [-0.25, -0.2) is 4.98 Å². The minimum atomic E-state index is -1.18. The largest absolute Gasteiger partial charge is 0.462 e. The summed E-state index contributed by atoms with van der Waals surface area (Å²) in [5.74, 6) is 0.205. The summed E-state index contributed by atoms with van der Waals surface area (Å²) in [6, 6.07) is 7.82. The van der Waals surface area contributed by atoms with Crippen LogP contribution in [0.1, 0.15) is 59.3 Å². The number of rotatable bonds is 6. The lowest BCUT2D eigenvalue weighted by atomic mass is 9.46. The van der Waals surface area contributed by atoms with Crippen molar-refractivity contribution in [2.24, 2.45) is 28.6 Å². The summed E-state index contributed by atoms with van der Waals surface area (Å²) in [5, 5.41) is 12.3. The van der Waals surface area contributed by atoms with Crippen molar-refractivity contribution in [3.8, 4) is 5.19 Å². The molecule has 1 aromatic carbocycles. The predicted molar refractivity (Wildman–Crippen MR) is 151 cm³/mol. The number of Topliss-reactive ketones (excluding diaryl/α,β-unsaturated/α-hetero) is 1. The lowest BCUT2D eigenvalue weighted by Crippen LogP contribution is -2.63. The smallest absolute Gasteiger partial charge is 0.274 e. The molecule has 9 atom stereocenters. The fraction of sp³-hybridized carbons (Fsp3) is 0.594. The van der Waals surface area contributed by atoms with Gasteiger partial charge in [0.2, 0.25) is 5.78 Å². The third-order valence-electron chi connectivity index (χ3n) is 10.8. The predicted octanol–water partition coefficient (Wildman–Crippen LogP) is 5.41. The van der Waals surface area contributed by atoms with Crippen LogP contribution in [0.2, 0.25) is 0 Å². The van der Waals surface area contributed by atoms with Crippen LogP contribution < -0.4 is 4.74 Å². The number of carbonyl (C=O) groups excluding carboxylic acids is 2. The average Bonchev–Trinajstić information content (AvgIpc) is 3.57. The molecule has 4 aliphatic carbocycles. The number of aromatic nitrogens is 1. The summed E-state index contributed by atoms with van der Waals surface area (Å²) >= 11 is 1.43. The van der Waals surface area contributed by atoms with E-state index in [1.54, 1.807) is 12.2 Å². The molecule has 0 amide bonds. The van der Waals surface area contributed by atoms with Gasteiger partial charge in [-0.05, 0) is 68.2 Å². The number of allylic oxidation sites excluding steroid dienone is 4. The van der Waals surface area contributed by atoms with E-state index in [0.717, 1.165) is 41.5 Å². The molecule has 40 heavy (non-hydrogen) atoms. The standard InChI is InChI=1S/C32H37NO6S/c1-4-7-27-38-26-15-21-20-11-10-18-14-19(34)12-13-30(18,2)28(20)23(35)16-31(21,3)32(26,39-27)25(36)17-37-29-33-22-8-5-6-9-24(22)40-29/h5-6,8-9,12-14,20-21,23,26-28,35H,4,7,10-11,15-17H2,1-3H3/t20?,21?,23?,26-,27-,28?,30?,31?,32-/m1/s1. The Hall–Kier alpha value is -2.39. The number of para-hydroxylation sites is 1. The third kappa shape index (κ3) is 3.62. The van der Waals surface area contributed by atoms with E-state index in [0.29, 0.717) is 18.0 Å². The van der Waals surface area contributed by atoms with Crippen molar-refractivity contribution in [1.82, 2.24) is 4.98 Å². The number of aliphatic hydroxyl groups excluding tert-OH is 1. The molecule has 0 bridgehead atoms. The number of ketones is 2. The van der Waals surface area contributed by atoms with Gasteiger partial charge in [0.1, 0.15) is 0 Å². The van der Waals surface area contributed by atoms with Crippen molar-refractivity contribution < 1.29 is 28.9 Å². The molecule has 5 aliphatic rings. The van der Waals surface area contributed by atoms with Crippen LogP contribution in [0.5, 0.6) is 5.19 Å². The molecule has 0 radical (unpaired) electrons. The molecule has 7 nitrogen and oxygen atoms in total. The first kappa shape index (κ1) is 26.5. The SMILES string of the molecule is CCC[C@@H]1O[C@@H]2CC3C4CCC5=CC(=O)C=CC5(C)C4C(O)CC3(C)[C@]2(C(=O)COc2nc3ccccc3s2)O1. The van der Waals surface area contributed by atoms with Gasteiger partial charge in [0, 0.05) is 16.7 Å². The topological polar surface area (TPSA) is 95.0 Å². The van der Waals surface area contributed by atoms with Crippen LogP contribution in [0.15, 0.2) is 48.1 Å². The molecule has 1 aromatic heterocycles. The molecule has 1 aliphatic heterocycles. The molecular weight excluding hydrogens is 526 g/mol. The van der Waals surface area contributed by atoms with E-state index in [9.17, 15) is 14.7 Å². The van der Waals surface area contributed by atoms with Crippen LogP contribution in [0.25, 0.3) is 10.2 Å². The summed E-state index contributed by atoms with van der Waals surface area (Å²) in [4.78, 5) is 31.1. The Morgan fingerprint density at radius 1 is 1.27 bits per heavy atom. The van der Waals surface area contributed by atoms with Gasteiger partial charge in [-0.2, -0.15) is 0 Å². The monoisotopic (exact) mass is 563 g/mol. The van der Waals surface area contributed by atoms with E-state index in [4.69, 9.17) is 14.2 Å². The fourth-order valence-electron chi connectivity index (χ4n) is 9.15. The highest BCUT2D eigenvalue weighted by atomic mass is 32.1. The molecule has 6 unspecified atom stereocenters. The van der Waals surface area contributed by atoms with E-state index >= 15 is 0 Å². The highest BCUT2D eigenvalue weighted by Gasteiger charge is 2.75. The maximum Gasteiger partial charge on any atom is 0.274 e. The molecule has 4 fully saturated rings. The number of benzene rings is 1. The maximum absolute atomic E-state index is 14.3. The lowest BCUT2D eigenvalue weighted by Gasteiger charge is -2.59. The fourth-order valence-corrected chi connectivity index (χ4v) is 9.97. The van der Waals surface area contributed by atoms with E-state index in [1.165, 1.54) is 11.3 Å². The minimum absolute atomic E-state index is 0.0219. The summed E-state index contributed by atoms with van der Waals surface area (Å²) in [6.45, 7) is 6.23. The van der Waals surface area contributed by atoms with Crippen LogP contribution in [0.3, 0.4) is 0 Å². The first-order valence-corrected chi connectivity index (χ1v) is 15.5. The van der Waals surface area contributed by atoms with Crippen molar-refractivity contribution in [2.45, 2.75) is 83.4 Å². The van der Waals surface area contributed by atoms with Crippen molar-refractivity contribution in [3.05, 3.63) is 48.1 Å². The quantitative estimate of drug-likeness (QED) is 0.502. The molecule has 2 heterocycles. The molecule has 3 saturated carbocycles. The van der Waals surface area contributed by atoms with E-state index in [1.807, 2.05) is 30.3 Å². The van der Waals surface area contributed by atoms with Crippen LogP contribution in [-0.4, -0.2) is 52.4 Å². The van der Waals surface area contributed by atoms with Crippen LogP contribution in [0.4, 0.5) is 0 Å². The number of thiazole rings is 1. The maximum atomic E-state index is 14.3. The number of carbonyl (C=O) groups is 2. The number of hydrogen-bond donors (Lipinski definition) is 1. The van der Waals surface area contributed by atoms with Gasteiger partial charge in [-0.3, -0.25) is 9.59 Å². The molecule has 2 aromatic rings. The summed E-state index contributed by atoms with van der Waals surface area (Å²) in [5.41, 5.74) is -0.195. The second kappa shape index (κ2) is 9.31. The highest BCUT2D eigenvalue weighted by molar-refractivity contribution is 7.20. The number of hydrogen-bond acceptors (Lipinski definition) is 8. The molecular formula is C32H37NO6S. The molecule has 8 heteroatoms. The van der Waals surface area contributed by atoms with E-state index in [-0.39, 0.29) is 47.4 Å². The number of nitrogens with zero attached hydrogens (tertiary/aromatic N) is 1. The first-order valence-electron chi connectivity index (χ1n) is 14.7. The van der Waals surface area contributed by atoms with E-state index in [2.05, 4.69) is 25.8 Å². The highest BCUT2D eigenvalue weighted by Crippen LogP contribution is 2.69. The van der Waals surface area contributed by atoms with Crippen LogP contribution in [-0.2, 0) is 19.1 Å². The molecule has 0 spiro atoms. The minimum Gasteiger partial charge on any atom is -0.462 e. The Morgan fingerprint density at radius 3 is 2.90 bits per heavy atom. The third-order valence-corrected chi connectivity index (χ3v) is 11.8. The molecule has 7 rings (SSSR count). The summed E-state index contributed by atoms with van der Waals surface area (Å²) < 4.78 is 20.3. The van der Waals surface area contributed by atoms with Gasteiger partial charge >= 0.3 is 0 Å². The second-order valence-corrected chi connectivity index (χ2v) is 13.8. The van der Waals surface area contributed by atoms with Gasteiger partial charge in [-0.1, -0.05) is 62.3 Å².